The normalized spacial score (nSPS) is 13.2. The molecule has 0 saturated carbocycles. The summed E-state index contributed by atoms with van der Waals surface area (Å²) in [6.45, 7) is 3.64. The molecule has 2 unspecified atom stereocenters. The highest BCUT2D eigenvalue weighted by Gasteiger charge is 2.32. The number of carbonyl (C=O) groups is 4. The number of carboxylic acids is 1. The molecular weight excluding hydrogens is 438 g/mol. The van der Waals surface area contributed by atoms with Gasteiger partial charge >= 0.3 is 24.2 Å². The van der Waals surface area contributed by atoms with Gasteiger partial charge in [0.05, 0.1) is 20.8 Å². The lowest BCUT2D eigenvalue weighted by Crippen LogP contribution is -2.40. The SMILES string of the molecule is CCCCCC(=O)OCC(C)C(c1ccc(OC(=O)OC)c(OC(=O)OC)c1)[C@H](N)C(=O)O. The standard InChI is InChI=1S/C22H31NO10/c1-5-6-7-8-17(24)31-12-13(2)18(19(23)20(25)26)14-9-10-15(32-21(27)29-3)16(11-14)33-22(28)30-4/h9-11,13,18-19H,5-8,12,23H2,1-4H3,(H,25,26)/t13?,18?,19-/m0/s1. The van der Waals surface area contributed by atoms with Gasteiger partial charge in [-0.3, -0.25) is 9.59 Å². The molecule has 0 heterocycles. The fraction of sp³-hybridized carbons (Fsp3) is 0.545. The van der Waals surface area contributed by atoms with E-state index in [0.717, 1.165) is 27.1 Å². The highest BCUT2D eigenvalue weighted by Crippen LogP contribution is 2.36. The average molecular weight is 469 g/mol. The van der Waals surface area contributed by atoms with E-state index < -0.39 is 36.2 Å². The Kier molecular flexibility index (Phi) is 11.7. The van der Waals surface area contributed by atoms with E-state index in [1.807, 2.05) is 6.92 Å². The van der Waals surface area contributed by atoms with Crippen molar-refractivity contribution in [2.45, 2.75) is 51.5 Å². The van der Waals surface area contributed by atoms with Gasteiger partial charge in [0.25, 0.3) is 0 Å². The zero-order valence-corrected chi connectivity index (χ0v) is 19.2. The molecule has 184 valence electrons. The second-order valence-electron chi connectivity index (χ2n) is 7.33. The monoisotopic (exact) mass is 469 g/mol. The highest BCUT2D eigenvalue weighted by atomic mass is 16.7. The van der Waals surface area contributed by atoms with Crippen molar-refractivity contribution in [1.29, 1.82) is 0 Å². The van der Waals surface area contributed by atoms with Crippen LogP contribution in [-0.2, 0) is 23.8 Å². The Bertz CT molecular complexity index is 825. The van der Waals surface area contributed by atoms with Crippen LogP contribution < -0.4 is 15.2 Å². The summed E-state index contributed by atoms with van der Waals surface area (Å²) in [7, 11) is 2.19. The van der Waals surface area contributed by atoms with Crippen LogP contribution in [0.15, 0.2) is 18.2 Å². The van der Waals surface area contributed by atoms with Crippen molar-refractivity contribution in [3.05, 3.63) is 23.8 Å². The second kappa shape index (κ2) is 13.9. The number of aliphatic carboxylic acids is 1. The molecule has 0 amide bonds. The molecular formula is C22H31NO10. The maximum atomic E-state index is 12.0. The van der Waals surface area contributed by atoms with Gasteiger partial charge in [-0.1, -0.05) is 32.8 Å². The smallest absolute Gasteiger partial charge is 0.480 e. The summed E-state index contributed by atoms with van der Waals surface area (Å²) in [5.41, 5.74) is 6.30. The number of rotatable bonds is 12. The summed E-state index contributed by atoms with van der Waals surface area (Å²) >= 11 is 0. The lowest BCUT2D eigenvalue weighted by atomic mass is 9.82. The van der Waals surface area contributed by atoms with Gasteiger partial charge < -0.3 is 34.5 Å². The third kappa shape index (κ3) is 8.97. The Hall–Kier alpha value is -3.34. The fourth-order valence-corrected chi connectivity index (χ4v) is 3.12. The largest absolute Gasteiger partial charge is 0.513 e. The number of carbonyl (C=O) groups excluding carboxylic acids is 3. The Labute approximate surface area is 192 Å². The molecule has 0 aliphatic rings. The zero-order valence-electron chi connectivity index (χ0n) is 19.2. The summed E-state index contributed by atoms with van der Waals surface area (Å²) in [6.07, 6.45) is 0.699. The first-order chi connectivity index (χ1) is 15.6. The highest BCUT2D eigenvalue weighted by molar-refractivity contribution is 5.75. The van der Waals surface area contributed by atoms with Gasteiger partial charge in [-0.15, -0.1) is 0 Å². The van der Waals surface area contributed by atoms with Crippen LogP contribution in [0.25, 0.3) is 0 Å². The topological polar surface area (TPSA) is 161 Å². The lowest BCUT2D eigenvalue weighted by molar-refractivity contribution is -0.145. The molecule has 1 aromatic carbocycles. The van der Waals surface area contributed by atoms with Crippen molar-refractivity contribution in [2.75, 3.05) is 20.8 Å². The average Bonchev–Trinajstić information content (AvgIpc) is 2.79. The van der Waals surface area contributed by atoms with E-state index in [4.69, 9.17) is 19.9 Å². The van der Waals surface area contributed by atoms with Gasteiger partial charge in [0.1, 0.15) is 6.04 Å². The maximum absolute atomic E-state index is 12.0. The van der Waals surface area contributed by atoms with Gasteiger partial charge in [-0.05, 0) is 30.0 Å². The molecule has 11 heteroatoms. The summed E-state index contributed by atoms with van der Waals surface area (Å²) in [4.78, 5) is 46.8. The molecule has 0 aliphatic carbocycles. The molecule has 0 spiro atoms. The van der Waals surface area contributed by atoms with Crippen LogP contribution in [0.5, 0.6) is 11.5 Å². The van der Waals surface area contributed by atoms with E-state index in [1.165, 1.54) is 18.2 Å². The number of nitrogens with two attached hydrogens (primary N) is 1. The van der Waals surface area contributed by atoms with Crippen molar-refractivity contribution < 1.29 is 48.0 Å². The predicted octanol–water partition coefficient (Wildman–Crippen LogP) is 3.23. The maximum Gasteiger partial charge on any atom is 0.513 e. The summed E-state index contributed by atoms with van der Waals surface area (Å²) in [5, 5.41) is 9.52. The van der Waals surface area contributed by atoms with Crippen LogP contribution in [-0.4, -0.2) is 56.2 Å². The Morgan fingerprint density at radius 2 is 1.61 bits per heavy atom. The first-order valence-corrected chi connectivity index (χ1v) is 10.4. The number of carboxylic acid groups (broad SMARTS) is 1. The van der Waals surface area contributed by atoms with E-state index >= 15 is 0 Å². The van der Waals surface area contributed by atoms with Crippen molar-refractivity contribution in [2.24, 2.45) is 11.7 Å². The Morgan fingerprint density at radius 3 is 2.15 bits per heavy atom. The van der Waals surface area contributed by atoms with E-state index in [-0.39, 0.29) is 30.5 Å². The summed E-state index contributed by atoms with van der Waals surface area (Å²) in [5.74, 6) is -3.37. The summed E-state index contributed by atoms with van der Waals surface area (Å²) < 4.78 is 24.2. The van der Waals surface area contributed by atoms with Crippen LogP contribution in [0.1, 0.15) is 51.0 Å². The Morgan fingerprint density at radius 1 is 1.00 bits per heavy atom. The van der Waals surface area contributed by atoms with Crippen molar-refractivity contribution >= 4 is 24.2 Å². The van der Waals surface area contributed by atoms with Crippen LogP contribution >= 0.6 is 0 Å². The predicted molar refractivity (Wildman–Crippen MR) is 115 cm³/mol. The van der Waals surface area contributed by atoms with Gasteiger partial charge in [0.15, 0.2) is 11.5 Å². The summed E-state index contributed by atoms with van der Waals surface area (Å²) in [6, 6.07) is 2.71. The zero-order chi connectivity index (χ0) is 25.0. The molecule has 33 heavy (non-hydrogen) atoms. The molecule has 0 aliphatic heterocycles. The number of ether oxygens (including phenoxy) is 5. The first kappa shape index (κ1) is 27.7. The fourth-order valence-electron chi connectivity index (χ4n) is 3.12. The van der Waals surface area contributed by atoms with Crippen molar-refractivity contribution in [3.8, 4) is 11.5 Å². The van der Waals surface area contributed by atoms with E-state index in [2.05, 4.69) is 9.47 Å². The van der Waals surface area contributed by atoms with Crippen LogP contribution in [0, 0.1) is 5.92 Å². The van der Waals surface area contributed by atoms with Crippen molar-refractivity contribution in [1.82, 2.24) is 0 Å². The number of benzene rings is 1. The lowest BCUT2D eigenvalue weighted by Gasteiger charge is -2.28. The minimum atomic E-state index is -1.36. The molecule has 0 radical (unpaired) electrons. The molecule has 0 bridgehead atoms. The van der Waals surface area contributed by atoms with Crippen molar-refractivity contribution in [3.63, 3.8) is 0 Å². The second-order valence-corrected chi connectivity index (χ2v) is 7.33. The molecule has 11 nitrogen and oxygen atoms in total. The van der Waals surface area contributed by atoms with Gasteiger partial charge in [0, 0.05) is 12.3 Å². The van der Waals surface area contributed by atoms with Gasteiger partial charge in [-0.2, -0.15) is 0 Å². The molecule has 0 saturated heterocycles. The quantitative estimate of drug-likeness (QED) is 0.200. The van der Waals surface area contributed by atoms with E-state index in [0.29, 0.717) is 12.0 Å². The van der Waals surface area contributed by atoms with E-state index in [1.54, 1.807) is 6.92 Å². The molecule has 3 atom stereocenters. The molecule has 1 rings (SSSR count). The molecule has 0 fully saturated rings. The third-order valence-corrected chi connectivity index (χ3v) is 4.85. The van der Waals surface area contributed by atoms with Crippen LogP contribution in [0.2, 0.25) is 0 Å². The minimum absolute atomic E-state index is 0.0653. The molecule has 0 aromatic heterocycles. The number of unbranched alkanes of at least 4 members (excludes halogenated alkanes) is 2. The first-order valence-electron chi connectivity index (χ1n) is 10.4. The molecule has 1 aromatic rings. The number of hydrogen-bond acceptors (Lipinski definition) is 10. The third-order valence-electron chi connectivity index (χ3n) is 4.85. The Balaban J connectivity index is 3.20. The van der Waals surface area contributed by atoms with Gasteiger partial charge in [-0.25, -0.2) is 9.59 Å². The number of esters is 1. The van der Waals surface area contributed by atoms with Crippen LogP contribution in [0.4, 0.5) is 9.59 Å². The van der Waals surface area contributed by atoms with E-state index in [9.17, 15) is 24.3 Å². The minimum Gasteiger partial charge on any atom is -0.480 e. The number of methoxy groups -OCH3 is 2. The molecule has 3 N–H and O–H groups in total. The van der Waals surface area contributed by atoms with Crippen LogP contribution in [0.3, 0.4) is 0 Å². The number of hydrogen-bond donors (Lipinski definition) is 2. The van der Waals surface area contributed by atoms with Gasteiger partial charge in [0.2, 0.25) is 0 Å².